The number of piperidine rings is 1. The molecule has 1 nitrogen and oxygen atoms in total. The molecule has 17 heavy (non-hydrogen) atoms. The Morgan fingerprint density at radius 2 is 2.24 bits per heavy atom. The number of anilines is 1. The number of nitrogens with zero attached hydrogens (tertiary/aromatic N) is 1. The molecular formula is C14H16FNS. The first kappa shape index (κ1) is 11.0. The van der Waals surface area contributed by atoms with Crippen LogP contribution in [0.4, 0.5) is 9.39 Å². The molecule has 0 radical (unpaired) electrons. The van der Waals surface area contributed by atoms with E-state index in [-0.39, 0.29) is 5.82 Å². The lowest BCUT2D eigenvalue weighted by atomic mass is 10.0. The first-order chi connectivity index (χ1) is 8.25. The van der Waals surface area contributed by atoms with Crippen LogP contribution in [0.15, 0.2) is 24.3 Å². The second kappa shape index (κ2) is 4.30. The summed E-state index contributed by atoms with van der Waals surface area (Å²) in [7, 11) is 0. The molecule has 1 aromatic heterocycles. The van der Waals surface area contributed by atoms with E-state index in [1.165, 1.54) is 24.3 Å². The maximum absolute atomic E-state index is 13.7. The van der Waals surface area contributed by atoms with Crippen molar-refractivity contribution in [2.75, 3.05) is 11.4 Å². The lowest BCUT2D eigenvalue weighted by Crippen LogP contribution is -2.36. The Morgan fingerprint density at radius 1 is 1.35 bits per heavy atom. The summed E-state index contributed by atoms with van der Waals surface area (Å²) in [5.41, 5.74) is 0. The van der Waals surface area contributed by atoms with Crippen molar-refractivity contribution in [3.8, 4) is 0 Å². The number of hydrogen-bond donors (Lipinski definition) is 0. The Kier molecular flexibility index (Phi) is 2.79. The molecule has 1 unspecified atom stereocenters. The molecule has 2 heterocycles. The first-order valence-electron chi connectivity index (χ1n) is 6.20. The summed E-state index contributed by atoms with van der Waals surface area (Å²) in [6, 6.07) is 8.04. The summed E-state index contributed by atoms with van der Waals surface area (Å²) in [4.78, 5) is 2.42. The lowest BCUT2D eigenvalue weighted by molar-refractivity contribution is 0.487. The minimum Gasteiger partial charge on any atom is -0.361 e. The average molecular weight is 249 g/mol. The van der Waals surface area contributed by atoms with Gasteiger partial charge in [-0.15, -0.1) is 11.3 Å². The van der Waals surface area contributed by atoms with E-state index in [0.29, 0.717) is 6.04 Å². The highest BCUT2D eigenvalue weighted by Crippen LogP contribution is 2.36. The fraction of sp³-hybridized carbons (Fsp3) is 0.429. The molecule has 1 atom stereocenters. The van der Waals surface area contributed by atoms with E-state index >= 15 is 0 Å². The molecule has 1 aliphatic heterocycles. The predicted molar refractivity (Wildman–Crippen MR) is 72.4 cm³/mol. The highest BCUT2D eigenvalue weighted by molar-refractivity contribution is 7.22. The van der Waals surface area contributed by atoms with Crippen LogP contribution in [-0.2, 0) is 0 Å². The molecule has 0 amide bonds. The van der Waals surface area contributed by atoms with Crippen molar-refractivity contribution >= 4 is 26.4 Å². The van der Waals surface area contributed by atoms with Gasteiger partial charge in [-0.05, 0) is 43.7 Å². The Labute approximate surface area is 105 Å². The summed E-state index contributed by atoms with van der Waals surface area (Å²) in [6.45, 7) is 3.37. The van der Waals surface area contributed by atoms with Gasteiger partial charge < -0.3 is 4.90 Å². The van der Waals surface area contributed by atoms with Crippen molar-refractivity contribution < 1.29 is 4.39 Å². The Balaban J connectivity index is 2.02. The Hall–Kier alpha value is -1.09. The van der Waals surface area contributed by atoms with Gasteiger partial charge in [-0.2, -0.15) is 0 Å². The van der Waals surface area contributed by atoms with Gasteiger partial charge in [-0.3, -0.25) is 0 Å². The van der Waals surface area contributed by atoms with Gasteiger partial charge in [0.25, 0.3) is 0 Å². The molecule has 0 saturated carbocycles. The van der Waals surface area contributed by atoms with Crippen molar-refractivity contribution in [3.63, 3.8) is 0 Å². The molecule has 0 spiro atoms. The van der Waals surface area contributed by atoms with Crippen LogP contribution in [0.5, 0.6) is 0 Å². The van der Waals surface area contributed by atoms with Crippen LogP contribution in [0.3, 0.4) is 0 Å². The van der Waals surface area contributed by atoms with Crippen molar-refractivity contribution in [1.82, 2.24) is 0 Å². The molecule has 0 N–H and O–H groups in total. The minimum absolute atomic E-state index is 0.0941. The molecule has 2 aromatic rings. The van der Waals surface area contributed by atoms with Crippen molar-refractivity contribution in [2.45, 2.75) is 32.2 Å². The molecule has 1 aliphatic rings. The third-order valence-electron chi connectivity index (χ3n) is 3.57. The average Bonchev–Trinajstić information content (AvgIpc) is 2.75. The highest BCUT2D eigenvalue weighted by Gasteiger charge is 2.20. The molecule has 3 rings (SSSR count). The van der Waals surface area contributed by atoms with Crippen LogP contribution in [0, 0.1) is 5.82 Å². The molecule has 1 aromatic carbocycles. The number of rotatable bonds is 1. The maximum Gasteiger partial charge on any atom is 0.141 e. The summed E-state index contributed by atoms with van der Waals surface area (Å²) in [6.07, 6.45) is 3.81. The lowest BCUT2D eigenvalue weighted by Gasteiger charge is -2.34. The number of halogens is 1. The topological polar surface area (TPSA) is 3.24 Å². The molecule has 90 valence electrons. The van der Waals surface area contributed by atoms with Crippen molar-refractivity contribution in [2.24, 2.45) is 0 Å². The van der Waals surface area contributed by atoms with Crippen LogP contribution in [-0.4, -0.2) is 12.6 Å². The standard InChI is InChI=1S/C14H16FNS/c1-10-5-2-3-8-16(10)13-9-11-6-4-7-12(15)14(11)17-13/h4,6-7,9-10H,2-3,5,8H2,1H3. The van der Waals surface area contributed by atoms with Crippen molar-refractivity contribution in [3.05, 3.63) is 30.1 Å². The van der Waals surface area contributed by atoms with Crippen molar-refractivity contribution in [1.29, 1.82) is 0 Å². The fourth-order valence-electron chi connectivity index (χ4n) is 2.58. The Morgan fingerprint density at radius 3 is 3.00 bits per heavy atom. The van der Waals surface area contributed by atoms with E-state index in [0.717, 1.165) is 16.6 Å². The van der Waals surface area contributed by atoms with Crippen LogP contribution in [0.2, 0.25) is 0 Å². The number of thiophene rings is 1. The number of benzene rings is 1. The largest absolute Gasteiger partial charge is 0.361 e. The van der Waals surface area contributed by atoms with Gasteiger partial charge in [0.1, 0.15) is 5.82 Å². The van der Waals surface area contributed by atoms with E-state index in [9.17, 15) is 4.39 Å². The van der Waals surface area contributed by atoms with Crippen LogP contribution in [0.1, 0.15) is 26.2 Å². The zero-order valence-electron chi connectivity index (χ0n) is 9.95. The summed E-state index contributed by atoms with van der Waals surface area (Å²) in [5, 5.41) is 2.25. The second-order valence-electron chi connectivity index (χ2n) is 4.78. The zero-order chi connectivity index (χ0) is 11.8. The summed E-state index contributed by atoms with van der Waals surface area (Å²) >= 11 is 1.59. The normalized spacial score (nSPS) is 21.1. The summed E-state index contributed by atoms with van der Waals surface area (Å²) < 4.78 is 14.4. The number of hydrogen-bond acceptors (Lipinski definition) is 2. The van der Waals surface area contributed by atoms with Gasteiger partial charge in [0.15, 0.2) is 0 Å². The van der Waals surface area contributed by atoms with E-state index in [4.69, 9.17) is 0 Å². The quantitative estimate of drug-likeness (QED) is 0.723. The monoisotopic (exact) mass is 249 g/mol. The van der Waals surface area contributed by atoms with Crippen LogP contribution >= 0.6 is 11.3 Å². The molecule has 1 saturated heterocycles. The van der Waals surface area contributed by atoms with Gasteiger partial charge in [0.05, 0.1) is 9.70 Å². The first-order valence-corrected chi connectivity index (χ1v) is 7.02. The zero-order valence-corrected chi connectivity index (χ0v) is 10.8. The van der Waals surface area contributed by atoms with Gasteiger partial charge in [0.2, 0.25) is 0 Å². The van der Waals surface area contributed by atoms with Gasteiger partial charge >= 0.3 is 0 Å². The maximum atomic E-state index is 13.7. The minimum atomic E-state index is -0.0941. The van der Waals surface area contributed by atoms with E-state index in [1.807, 2.05) is 6.07 Å². The van der Waals surface area contributed by atoms with E-state index in [2.05, 4.69) is 17.9 Å². The molecule has 0 aliphatic carbocycles. The highest BCUT2D eigenvalue weighted by atomic mass is 32.1. The molecular weight excluding hydrogens is 233 g/mol. The Bertz CT molecular complexity index is 534. The van der Waals surface area contributed by atoms with Crippen LogP contribution in [0.25, 0.3) is 10.1 Å². The third-order valence-corrected chi connectivity index (χ3v) is 4.77. The van der Waals surface area contributed by atoms with E-state index < -0.39 is 0 Å². The van der Waals surface area contributed by atoms with Gasteiger partial charge in [-0.1, -0.05) is 12.1 Å². The molecule has 0 bridgehead atoms. The van der Waals surface area contributed by atoms with Crippen LogP contribution < -0.4 is 4.90 Å². The smallest absolute Gasteiger partial charge is 0.141 e. The fourth-order valence-corrected chi connectivity index (χ4v) is 3.77. The second-order valence-corrected chi connectivity index (χ2v) is 5.81. The summed E-state index contributed by atoms with van der Waals surface area (Å²) in [5.74, 6) is -0.0941. The van der Waals surface area contributed by atoms with Gasteiger partial charge in [-0.25, -0.2) is 4.39 Å². The third kappa shape index (κ3) is 1.93. The predicted octanol–water partition coefficient (Wildman–Crippen LogP) is 4.42. The molecule has 3 heteroatoms. The van der Waals surface area contributed by atoms with Gasteiger partial charge in [0, 0.05) is 12.6 Å². The SMILES string of the molecule is CC1CCCCN1c1cc2cccc(F)c2s1. The number of fused-ring (bicyclic) bond motifs is 1. The molecule has 1 fully saturated rings. The van der Waals surface area contributed by atoms with E-state index in [1.54, 1.807) is 23.5 Å².